The molecule has 1 aromatic carbocycles. The number of sulfonamides is 1. The maximum absolute atomic E-state index is 13.1. The number of oxazole rings is 1. The molecule has 0 spiro atoms. The normalized spacial score (nSPS) is 17.7. The number of fused-ring (bicyclic) bond motifs is 1. The number of ether oxygens (including phenoxy) is 1. The summed E-state index contributed by atoms with van der Waals surface area (Å²) in [6.07, 6.45) is 3.35. The minimum Gasteiger partial charge on any atom is -0.472 e. The van der Waals surface area contributed by atoms with E-state index in [0.717, 1.165) is 0 Å². The monoisotopic (exact) mass is 419 g/mol. The van der Waals surface area contributed by atoms with E-state index in [4.69, 9.17) is 9.15 Å². The molecule has 0 aliphatic carbocycles. The molecule has 1 fully saturated rings. The fourth-order valence-corrected chi connectivity index (χ4v) is 4.72. The maximum Gasteiger partial charge on any atom is 0.419 e. The average molecular weight is 419 g/mol. The number of aryl methyl sites for hydroxylation is 1. The Hall–Kier alpha value is -2.92. The standard InChI is InChI=1S/C18H21N5O5S/c1-21(2)16-9-19-10-17(20-16)27-12-6-7-23(11-12)29(25,26)13-4-5-15-14(8-13)22(3)18(24)28-15/h4-5,8-10,12H,6-7,11H2,1-3H3. The summed E-state index contributed by atoms with van der Waals surface area (Å²) in [6.45, 7) is 0.536. The molecule has 11 heteroatoms. The highest BCUT2D eigenvalue weighted by Crippen LogP contribution is 2.26. The van der Waals surface area contributed by atoms with Gasteiger partial charge in [0.15, 0.2) is 11.4 Å². The van der Waals surface area contributed by atoms with Gasteiger partial charge in [0.1, 0.15) is 6.10 Å². The van der Waals surface area contributed by atoms with E-state index in [2.05, 4.69) is 9.97 Å². The minimum atomic E-state index is -3.73. The predicted molar refractivity (Wildman–Crippen MR) is 106 cm³/mol. The van der Waals surface area contributed by atoms with Crippen molar-refractivity contribution in [1.82, 2.24) is 18.8 Å². The van der Waals surface area contributed by atoms with Crippen LogP contribution < -0.4 is 15.4 Å². The molecule has 2 aromatic heterocycles. The molecule has 0 radical (unpaired) electrons. The lowest BCUT2D eigenvalue weighted by Crippen LogP contribution is -2.31. The molecule has 1 aliphatic heterocycles. The van der Waals surface area contributed by atoms with Crippen molar-refractivity contribution in [3.8, 4) is 5.88 Å². The summed E-state index contributed by atoms with van der Waals surface area (Å²) in [7, 11) is 1.51. The van der Waals surface area contributed by atoms with E-state index in [9.17, 15) is 13.2 Å². The molecule has 1 unspecified atom stereocenters. The first-order valence-corrected chi connectivity index (χ1v) is 10.5. The molecule has 10 nitrogen and oxygen atoms in total. The largest absolute Gasteiger partial charge is 0.472 e. The Labute approximate surface area is 167 Å². The third-order valence-corrected chi connectivity index (χ3v) is 6.71. The molecule has 4 rings (SSSR count). The van der Waals surface area contributed by atoms with Crippen LogP contribution in [0.25, 0.3) is 11.1 Å². The van der Waals surface area contributed by atoms with Gasteiger partial charge in [-0.25, -0.2) is 13.2 Å². The molecule has 154 valence electrons. The molecule has 3 heterocycles. The van der Waals surface area contributed by atoms with Gasteiger partial charge in [-0.3, -0.25) is 9.55 Å². The molecule has 0 N–H and O–H groups in total. The van der Waals surface area contributed by atoms with Crippen molar-refractivity contribution in [2.24, 2.45) is 7.05 Å². The van der Waals surface area contributed by atoms with Crippen LogP contribution in [0.2, 0.25) is 0 Å². The minimum absolute atomic E-state index is 0.108. The first-order chi connectivity index (χ1) is 13.8. The number of nitrogens with zero attached hydrogens (tertiary/aromatic N) is 5. The van der Waals surface area contributed by atoms with Gasteiger partial charge in [-0.2, -0.15) is 9.29 Å². The molecule has 1 atom stereocenters. The van der Waals surface area contributed by atoms with Crippen molar-refractivity contribution in [3.63, 3.8) is 0 Å². The highest BCUT2D eigenvalue weighted by atomic mass is 32.2. The van der Waals surface area contributed by atoms with E-state index < -0.39 is 15.8 Å². The quantitative estimate of drug-likeness (QED) is 0.598. The van der Waals surface area contributed by atoms with Crippen LogP contribution in [0.1, 0.15) is 6.42 Å². The van der Waals surface area contributed by atoms with Crippen LogP contribution in [0.15, 0.2) is 44.7 Å². The highest BCUT2D eigenvalue weighted by molar-refractivity contribution is 7.89. The third-order valence-electron chi connectivity index (χ3n) is 4.85. The van der Waals surface area contributed by atoms with Crippen molar-refractivity contribution in [2.45, 2.75) is 17.4 Å². The van der Waals surface area contributed by atoms with Gasteiger partial charge < -0.3 is 14.1 Å². The second-order valence-electron chi connectivity index (χ2n) is 7.06. The van der Waals surface area contributed by atoms with Gasteiger partial charge in [0.05, 0.1) is 29.4 Å². The van der Waals surface area contributed by atoms with Gasteiger partial charge >= 0.3 is 5.76 Å². The van der Waals surface area contributed by atoms with Crippen LogP contribution in [0.5, 0.6) is 5.88 Å². The van der Waals surface area contributed by atoms with E-state index in [1.807, 2.05) is 19.0 Å². The van der Waals surface area contributed by atoms with Crippen molar-refractivity contribution < 1.29 is 17.6 Å². The second-order valence-corrected chi connectivity index (χ2v) is 9.00. The Bertz CT molecular complexity index is 1220. The first kappa shape index (κ1) is 19.4. The fraction of sp³-hybridized carbons (Fsp3) is 0.389. The Morgan fingerprint density at radius 1 is 1.28 bits per heavy atom. The van der Waals surface area contributed by atoms with Crippen LogP contribution in [0.4, 0.5) is 5.82 Å². The van der Waals surface area contributed by atoms with E-state index in [-0.39, 0.29) is 17.5 Å². The smallest absolute Gasteiger partial charge is 0.419 e. The van der Waals surface area contributed by atoms with Crippen molar-refractivity contribution in [3.05, 3.63) is 41.1 Å². The van der Waals surface area contributed by atoms with Crippen molar-refractivity contribution >= 4 is 26.9 Å². The number of anilines is 1. The summed E-state index contributed by atoms with van der Waals surface area (Å²) in [6, 6.07) is 4.40. The molecule has 1 aliphatic rings. The zero-order chi connectivity index (χ0) is 20.8. The molecule has 0 saturated carbocycles. The summed E-state index contributed by atoms with van der Waals surface area (Å²) in [5.74, 6) is 0.476. The topological polar surface area (TPSA) is 111 Å². The number of benzene rings is 1. The van der Waals surface area contributed by atoms with Crippen molar-refractivity contribution in [1.29, 1.82) is 0 Å². The van der Waals surface area contributed by atoms with Crippen LogP contribution in [-0.2, 0) is 17.1 Å². The highest BCUT2D eigenvalue weighted by Gasteiger charge is 2.34. The summed E-state index contributed by atoms with van der Waals surface area (Å²) < 4.78 is 39.7. The van der Waals surface area contributed by atoms with Gasteiger partial charge in [-0.05, 0) is 24.6 Å². The number of aromatic nitrogens is 3. The van der Waals surface area contributed by atoms with Gasteiger partial charge in [-0.1, -0.05) is 0 Å². The van der Waals surface area contributed by atoms with Gasteiger partial charge in [0, 0.05) is 27.7 Å². The Morgan fingerprint density at radius 3 is 2.83 bits per heavy atom. The predicted octanol–water partition coefficient (Wildman–Crippen LogP) is 0.829. The maximum atomic E-state index is 13.1. The van der Waals surface area contributed by atoms with Crippen LogP contribution in [0, 0.1) is 0 Å². The van der Waals surface area contributed by atoms with E-state index >= 15 is 0 Å². The molecule has 1 saturated heterocycles. The zero-order valence-corrected chi connectivity index (χ0v) is 17.1. The summed E-state index contributed by atoms with van der Waals surface area (Å²) in [5, 5.41) is 0. The zero-order valence-electron chi connectivity index (χ0n) is 16.3. The Kier molecular flexibility index (Phi) is 4.79. The van der Waals surface area contributed by atoms with Crippen LogP contribution in [0.3, 0.4) is 0 Å². The number of hydrogen-bond acceptors (Lipinski definition) is 8. The lowest BCUT2D eigenvalue weighted by Gasteiger charge is -2.17. The lowest BCUT2D eigenvalue weighted by molar-refractivity contribution is 0.206. The number of hydrogen-bond donors (Lipinski definition) is 0. The van der Waals surface area contributed by atoms with Gasteiger partial charge in [-0.15, -0.1) is 0 Å². The van der Waals surface area contributed by atoms with Crippen molar-refractivity contribution in [2.75, 3.05) is 32.1 Å². The summed E-state index contributed by atoms with van der Waals surface area (Å²) >= 11 is 0. The van der Waals surface area contributed by atoms with Crippen LogP contribution >= 0.6 is 0 Å². The molecule has 29 heavy (non-hydrogen) atoms. The molecular weight excluding hydrogens is 398 g/mol. The second kappa shape index (κ2) is 7.16. The Morgan fingerprint density at radius 2 is 2.07 bits per heavy atom. The molecule has 0 bridgehead atoms. The first-order valence-electron chi connectivity index (χ1n) is 9.01. The molecular formula is C18H21N5O5S. The molecule has 0 amide bonds. The SMILES string of the molecule is CN(C)c1cncc(OC2CCN(S(=O)(=O)c3ccc4oc(=O)n(C)c4c3)C2)n1. The third kappa shape index (κ3) is 3.58. The van der Waals surface area contributed by atoms with E-state index in [0.29, 0.717) is 35.8 Å². The van der Waals surface area contributed by atoms with E-state index in [1.54, 1.807) is 6.20 Å². The fourth-order valence-electron chi connectivity index (χ4n) is 3.21. The van der Waals surface area contributed by atoms with E-state index in [1.165, 1.54) is 40.3 Å². The number of rotatable bonds is 5. The average Bonchev–Trinajstić information content (AvgIpc) is 3.27. The Balaban J connectivity index is 1.53. The van der Waals surface area contributed by atoms with Gasteiger partial charge in [0.25, 0.3) is 0 Å². The van der Waals surface area contributed by atoms with Crippen LogP contribution in [-0.4, -0.2) is 60.5 Å². The summed E-state index contributed by atoms with van der Waals surface area (Å²) in [5.41, 5.74) is 0.775. The lowest BCUT2D eigenvalue weighted by atomic mass is 10.3. The summed E-state index contributed by atoms with van der Waals surface area (Å²) in [4.78, 5) is 22.0. The molecule has 3 aromatic rings. The van der Waals surface area contributed by atoms with Gasteiger partial charge in [0.2, 0.25) is 15.9 Å².